The summed E-state index contributed by atoms with van der Waals surface area (Å²) < 4.78 is 0. The first-order chi connectivity index (χ1) is 9.58. The van der Waals surface area contributed by atoms with Crippen LogP contribution in [0.3, 0.4) is 0 Å². The number of carbonyl (C=O) groups excluding carboxylic acids is 2. The molecule has 2 aromatic rings. The number of para-hydroxylation sites is 1. The number of fused-ring (bicyclic) bond motifs is 1. The molecule has 1 unspecified atom stereocenters. The molecule has 1 aliphatic heterocycles. The first-order valence-electron chi connectivity index (χ1n) is 6.60. The van der Waals surface area contributed by atoms with Crippen molar-refractivity contribution in [1.29, 1.82) is 0 Å². The van der Waals surface area contributed by atoms with Crippen LogP contribution in [0.4, 0.5) is 5.69 Å². The second-order valence-electron chi connectivity index (χ2n) is 5.08. The zero-order chi connectivity index (χ0) is 14.3. The molecule has 3 nitrogen and oxygen atoms in total. The molecule has 0 spiro atoms. The third kappa shape index (κ3) is 2.06. The monoisotopic (exact) mass is 285 g/mol. The average Bonchev–Trinajstić information content (AvgIpc) is 3.01. The van der Waals surface area contributed by atoms with E-state index in [2.05, 4.69) is 13.0 Å². The van der Waals surface area contributed by atoms with Crippen LogP contribution in [-0.2, 0) is 6.42 Å². The van der Waals surface area contributed by atoms with E-state index in [1.54, 1.807) is 12.1 Å². The largest absolute Gasteiger partial charge is 0.304 e. The summed E-state index contributed by atoms with van der Waals surface area (Å²) in [6, 6.07) is 11.6. The van der Waals surface area contributed by atoms with Crippen molar-refractivity contribution in [2.24, 2.45) is 0 Å². The van der Waals surface area contributed by atoms with Crippen LogP contribution >= 0.6 is 11.3 Å². The predicted molar refractivity (Wildman–Crippen MR) is 80.7 cm³/mol. The van der Waals surface area contributed by atoms with Crippen LogP contribution < -0.4 is 4.90 Å². The van der Waals surface area contributed by atoms with Gasteiger partial charge in [0, 0.05) is 11.7 Å². The minimum Gasteiger partial charge on any atom is -0.304 e. The van der Waals surface area contributed by atoms with Crippen LogP contribution in [0.1, 0.15) is 38.8 Å². The van der Waals surface area contributed by atoms with Crippen molar-refractivity contribution in [3.63, 3.8) is 0 Å². The van der Waals surface area contributed by atoms with E-state index in [9.17, 15) is 9.59 Å². The Bertz CT molecular complexity index is 689. The van der Waals surface area contributed by atoms with Crippen LogP contribution in [0.25, 0.3) is 0 Å². The number of rotatable bonds is 2. The summed E-state index contributed by atoms with van der Waals surface area (Å²) in [5, 5.41) is 0. The number of hydrogen-bond donors (Lipinski definition) is 0. The van der Waals surface area contributed by atoms with Gasteiger partial charge < -0.3 is 4.90 Å². The number of anilines is 1. The molecule has 0 N–H and O–H groups in total. The maximum Gasteiger partial charge on any atom is 0.268 e. The summed E-state index contributed by atoms with van der Waals surface area (Å²) in [7, 11) is 0. The summed E-state index contributed by atoms with van der Waals surface area (Å²) in [5.74, 6) is -0.0103. The first-order valence-corrected chi connectivity index (χ1v) is 7.42. The molecule has 0 aliphatic carbocycles. The van der Waals surface area contributed by atoms with Crippen molar-refractivity contribution in [1.82, 2.24) is 0 Å². The zero-order valence-electron chi connectivity index (χ0n) is 11.4. The van der Waals surface area contributed by atoms with Crippen molar-refractivity contribution in [2.45, 2.75) is 26.3 Å². The highest BCUT2D eigenvalue weighted by Crippen LogP contribution is 2.34. The number of hydrogen-bond acceptors (Lipinski definition) is 3. The molecule has 20 heavy (non-hydrogen) atoms. The molecule has 1 aliphatic rings. The molecular formula is C16H15NO2S. The molecule has 0 fully saturated rings. The molecular weight excluding hydrogens is 270 g/mol. The van der Waals surface area contributed by atoms with Gasteiger partial charge in [-0.2, -0.15) is 0 Å². The van der Waals surface area contributed by atoms with E-state index in [1.807, 2.05) is 23.1 Å². The van der Waals surface area contributed by atoms with E-state index in [0.29, 0.717) is 9.75 Å². The normalized spacial score (nSPS) is 17.1. The van der Waals surface area contributed by atoms with Gasteiger partial charge in [-0.05, 0) is 44.0 Å². The van der Waals surface area contributed by atoms with Gasteiger partial charge in [0.1, 0.15) is 0 Å². The van der Waals surface area contributed by atoms with Crippen LogP contribution in [-0.4, -0.2) is 17.7 Å². The van der Waals surface area contributed by atoms with E-state index >= 15 is 0 Å². The molecule has 0 saturated heterocycles. The third-order valence-corrected chi connectivity index (χ3v) is 4.76. The number of thiophene rings is 1. The fourth-order valence-electron chi connectivity index (χ4n) is 2.64. The van der Waals surface area contributed by atoms with Crippen molar-refractivity contribution in [2.75, 3.05) is 4.90 Å². The number of benzene rings is 1. The summed E-state index contributed by atoms with van der Waals surface area (Å²) >= 11 is 1.27. The average molecular weight is 285 g/mol. The number of amides is 1. The highest BCUT2D eigenvalue weighted by molar-refractivity contribution is 7.16. The van der Waals surface area contributed by atoms with E-state index in [0.717, 1.165) is 12.1 Å². The Balaban J connectivity index is 1.96. The minimum atomic E-state index is -0.0139. The van der Waals surface area contributed by atoms with E-state index in [4.69, 9.17) is 0 Å². The fourth-order valence-corrected chi connectivity index (χ4v) is 3.47. The lowest BCUT2D eigenvalue weighted by Gasteiger charge is -2.21. The highest BCUT2D eigenvalue weighted by Gasteiger charge is 2.31. The Morgan fingerprint density at radius 2 is 1.85 bits per heavy atom. The molecule has 4 heteroatoms. The number of carbonyl (C=O) groups is 2. The van der Waals surface area contributed by atoms with Crippen molar-refractivity contribution in [3.8, 4) is 0 Å². The van der Waals surface area contributed by atoms with Crippen molar-refractivity contribution >= 4 is 28.7 Å². The standard InChI is InChI=1S/C16H15NO2S/c1-10-9-12-5-3-4-6-13(12)17(10)16(19)15-8-7-14(20-15)11(2)18/h3-8,10H,9H2,1-2H3. The van der Waals surface area contributed by atoms with Gasteiger partial charge in [-0.3, -0.25) is 9.59 Å². The van der Waals surface area contributed by atoms with Gasteiger partial charge in [0.15, 0.2) is 5.78 Å². The lowest BCUT2D eigenvalue weighted by molar-refractivity contribution is 0.0984. The van der Waals surface area contributed by atoms with Gasteiger partial charge in [-0.1, -0.05) is 18.2 Å². The Labute approximate surface area is 121 Å². The lowest BCUT2D eigenvalue weighted by atomic mass is 10.1. The molecule has 0 bridgehead atoms. The summed E-state index contributed by atoms with van der Waals surface area (Å²) in [6.07, 6.45) is 0.882. The third-order valence-electron chi connectivity index (χ3n) is 3.59. The van der Waals surface area contributed by atoms with Gasteiger partial charge in [0.2, 0.25) is 0 Å². The highest BCUT2D eigenvalue weighted by atomic mass is 32.1. The van der Waals surface area contributed by atoms with Gasteiger partial charge >= 0.3 is 0 Å². The molecule has 2 heterocycles. The topological polar surface area (TPSA) is 37.4 Å². The Hall–Kier alpha value is -1.94. The molecule has 1 aromatic heterocycles. The van der Waals surface area contributed by atoms with Gasteiger partial charge in [0.05, 0.1) is 9.75 Å². The molecule has 1 atom stereocenters. The number of Topliss-reactive ketones (excluding diaryl/α,β-unsaturated/α-hetero) is 1. The van der Waals surface area contributed by atoms with Crippen molar-refractivity contribution in [3.05, 3.63) is 51.7 Å². The summed E-state index contributed by atoms with van der Waals surface area (Å²) in [4.78, 5) is 27.1. The first kappa shape index (κ1) is 13.1. The maximum absolute atomic E-state index is 12.7. The van der Waals surface area contributed by atoms with Crippen LogP contribution in [0.2, 0.25) is 0 Å². The molecule has 3 rings (SSSR count). The van der Waals surface area contributed by atoms with Gasteiger partial charge in [0.25, 0.3) is 5.91 Å². The lowest BCUT2D eigenvalue weighted by Crippen LogP contribution is -2.35. The Morgan fingerprint density at radius 3 is 2.55 bits per heavy atom. The molecule has 1 aromatic carbocycles. The SMILES string of the molecule is CC(=O)c1ccc(C(=O)N2c3ccccc3CC2C)s1. The minimum absolute atomic E-state index is 0.00363. The summed E-state index contributed by atoms with van der Waals surface area (Å²) in [6.45, 7) is 3.57. The maximum atomic E-state index is 12.7. The second kappa shape index (κ2) is 4.87. The van der Waals surface area contributed by atoms with Gasteiger partial charge in [-0.25, -0.2) is 0 Å². The Morgan fingerprint density at radius 1 is 1.15 bits per heavy atom. The predicted octanol–water partition coefficient (Wildman–Crippen LogP) is 3.54. The quantitative estimate of drug-likeness (QED) is 0.791. The van der Waals surface area contributed by atoms with E-state index in [1.165, 1.54) is 23.8 Å². The number of nitrogens with zero attached hydrogens (tertiary/aromatic N) is 1. The number of ketones is 1. The zero-order valence-corrected chi connectivity index (χ0v) is 12.2. The van der Waals surface area contributed by atoms with Crippen LogP contribution in [0.15, 0.2) is 36.4 Å². The smallest absolute Gasteiger partial charge is 0.268 e. The fraction of sp³-hybridized carbons (Fsp3) is 0.250. The van der Waals surface area contributed by atoms with Crippen LogP contribution in [0.5, 0.6) is 0 Å². The molecule has 0 saturated carbocycles. The van der Waals surface area contributed by atoms with Crippen LogP contribution in [0, 0.1) is 0 Å². The van der Waals surface area contributed by atoms with E-state index < -0.39 is 0 Å². The molecule has 102 valence electrons. The summed E-state index contributed by atoms with van der Waals surface area (Å²) in [5.41, 5.74) is 2.19. The molecule has 1 amide bonds. The molecule has 0 radical (unpaired) electrons. The van der Waals surface area contributed by atoms with Crippen molar-refractivity contribution < 1.29 is 9.59 Å². The van der Waals surface area contributed by atoms with Gasteiger partial charge in [-0.15, -0.1) is 11.3 Å². The Kier molecular flexibility index (Phi) is 3.18. The van der Waals surface area contributed by atoms with E-state index in [-0.39, 0.29) is 17.7 Å². The second-order valence-corrected chi connectivity index (χ2v) is 6.16.